The molecule has 0 spiro atoms. The van der Waals surface area contributed by atoms with Gasteiger partial charge in [-0.2, -0.15) is 0 Å². The maximum atomic E-state index is 10.8. The average Bonchev–Trinajstić information content (AvgIpc) is 2.53. The van der Waals surface area contributed by atoms with Crippen molar-refractivity contribution >= 4 is 17.3 Å². The summed E-state index contributed by atoms with van der Waals surface area (Å²) in [6.07, 6.45) is 2.31. The van der Waals surface area contributed by atoms with E-state index in [0.717, 1.165) is 25.2 Å². The molecule has 3 N–H and O–H groups in total. The van der Waals surface area contributed by atoms with E-state index in [4.69, 9.17) is 5.11 Å². The zero-order valence-electron chi connectivity index (χ0n) is 11.7. The minimum Gasteiger partial charge on any atom is -0.478 e. The first-order valence-corrected chi connectivity index (χ1v) is 7.16. The number of hydrogen-bond donors (Lipinski definition) is 3. The Morgan fingerprint density at radius 2 is 2.00 bits per heavy atom. The number of hydrogen-bond acceptors (Lipinski definition) is 3. The van der Waals surface area contributed by atoms with Gasteiger partial charge < -0.3 is 15.7 Å². The largest absolute Gasteiger partial charge is 0.478 e. The SMILES string of the molecule is O=C(O)c1ccc(NCc2cccc3c2NCCC3)cc1. The van der Waals surface area contributed by atoms with Gasteiger partial charge in [-0.1, -0.05) is 18.2 Å². The molecule has 0 bridgehead atoms. The van der Waals surface area contributed by atoms with E-state index in [1.807, 2.05) is 0 Å². The second-order valence-corrected chi connectivity index (χ2v) is 5.22. The molecule has 2 aromatic carbocycles. The topological polar surface area (TPSA) is 61.4 Å². The molecule has 1 aliphatic rings. The molecule has 0 fully saturated rings. The Labute approximate surface area is 123 Å². The molecule has 4 nitrogen and oxygen atoms in total. The Hall–Kier alpha value is -2.49. The molecule has 1 aliphatic heterocycles. The van der Waals surface area contributed by atoms with Crippen molar-refractivity contribution in [3.8, 4) is 0 Å². The van der Waals surface area contributed by atoms with Gasteiger partial charge in [0, 0.05) is 24.5 Å². The van der Waals surface area contributed by atoms with Crippen LogP contribution in [0.1, 0.15) is 27.9 Å². The molecule has 0 saturated carbocycles. The van der Waals surface area contributed by atoms with E-state index in [1.165, 1.54) is 23.2 Å². The maximum Gasteiger partial charge on any atom is 0.335 e. The van der Waals surface area contributed by atoms with Gasteiger partial charge in [-0.3, -0.25) is 0 Å². The summed E-state index contributed by atoms with van der Waals surface area (Å²) in [6, 6.07) is 13.2. The number of benzene rings is 2. The summed E-state index contributed by atoms with van der Waals surface area (Å²) in [5.41, 5.74) is 5.10. The highest BCUT2D eigenvalue weighted by Crippen LogP contribution is 2.26. The smallest absolute Gasteiger partial charge is 0.335 e. The molecule has 3 rings (SSSR count). The van der Waals surface area contributed by atoms with Crippen LogP contribution in [0.25, 0.3) is 0 Å². The van der Waals surface area contributed by atoms with Gasteiger partial charge in [-0.15, -0.1) is 0 Å². The Kier molecular flexibility index (Phi) is 3.77. The lowest BCUT2D eigenvalue weighted by Crippen LogP contribution is -2.15. The molecule has 0 amide bonds. The van der Waals surface area contributed by atoms with Crippen molar-refractivity contribution in [3.63, 3.8) is 0 Å². The molecule has 0 aliphatic carbocycles. The number of nitrogens with one attached hydrogen (secondary N) is 2. The van der Waals surface area contributed by atoms with Crippen LogP contribution in [0.2, 0.25) is 0 Å². The summed E-state index contributed by atoms with van der Waals surface area (Å²) in [7, 11) is 0. The number of rotatable bonds is 4. The molecule has 4 heteroatoms. The number of para-hydroxylation sites is 1. The normalized spacial score (nSPS) is 13.1. The molecular formula is C17H18N2O2. The lowest BCUT2D eigenvalue weighted by molar-refractivity contribution is 0.0697. The van der Waals surface area contributed by atoms with Crippen molar-refractivity contribution in [1.82, 2.24) is 0 Å². The first kappa shape index (κ1) is 13.5. The monoisotopic (exact) mass is 282 g/mol. The molecule has 108 valence electrons. The number of carboxylic acid groups (broad SMARTS) is 1. The van der Waals surface area contributed by atoms with Gasteiger partial charge >= 0.3 is 5.97 Å². The van der Waals surface area contributed by atoms with E-state index < -0.39 is 5.97 Å². The third-order valence-corrected chi connectivity index (χ3v) is 3.78. The highest BCUT2D eigenvalue weighted by molar-refractivity contribution is 5.88. The van der Waals surface area contributed by atoms with Crippen molar-refractivity contribution in [2.45, 2.75) is 19.4 Å². The van der Waals surface area contributed by atoms with Crippen molar-refractivity contribution in [2.75, 3.05) is 17.2 Å². The van der Waals surface area contributed by atoms with E-state index >= 15 is 0 Å². The number of aromatic carboxylic acids is 1. The van der Waals surface area contributed by atoms with Gasteiger partial charge in [0.15, 0.2) is 0 Å². The Morgan fingerprint density at radius 1 is 1.19 bits per heavy atom. The summed E-state index contributed by atoms with van der Waals surface area (Å²) >= 11 is 0. The van der Waals surface area contributed by atoms with Gasteiger partial charge in [-0.05, 0) is 48.2 Å². The fourth-order valence-electron chi connectivity index (χ4n) is 2.66. The highest BCUT2D eigenvalue weighted by atomic mass is 16.4. The predicted octanol–water partition coefficient (Wildman–Crippen LogP) is 3.36. The molecule has 1 heterocycles. The second-order valence-electron chi connectivity index (χ2n) is 5.22. The quantitative estimate of drug-likeness (QED) is 0.804. The zero-order valence-corrected chi connectivity index (χ0v) is 11.7. The number of aryl methyl sites for hydroxylation is 1. The molecule has 0 atom stereocenters. The number of carboxylic acids is 1. The molecule has 0 saturated heterocycles. The number of anilines is 2. The van der Waals surface area contributed by atoms with Crippen LogP contribution in [-0.4, -0.2) is 17.6 Å². The van der Waals surface area contributed by atoms with Gasteiger partial charge in [0.25, 0.3) is 0 Å². The first-order chi connectivity index (χ1) is 10.2. The van der Waals surface area contributed by atoms with Gasteiger partial charge in [-0.25, -0.2) is 4.79 Å². The Morgan fingerprint density at radius 3 is 2.76 bits per heavy atom. The van der Waals surface area contributed by atoms with Crippen LogP contribution in [0.5, 0.6) is 0 Å². The van der Waals surface area contributed by atoms with E-state index in [2.05, 4.69) is 28.8 Å². The van der Waals surface area contributed by atoms with Crippen LogP contribution >= 0.6 is 0 Å². The number of fused-ring (bicyclic) bond motifs is 1. The number of carbonyl (C=O) groups is 1. The fourth-order valence-corrected chi connectivity index (χ4v) is 2.66. The third kappa shape index (κ3) is 2.99. The van der Waals surface area contributed by atoms with E-state index in [-0.39, 0.29) is 0 Å². The van der Waals surface area contributed by atoms with Gasteiger partial charge in [0.05, 0.1) is 5.56 Å². The Balaban J connectivity index is 1.71. The van der Waals surface area contributed by atoms with Crippen LogP contribution in [0.3, 0.4) is 0 Å². The standard InChI is InChI=1S/C17H18N2O2/c20-17(21)13-6-8-15(9-7-13)19-11-14-4-1-3-12-5-2-10-18-16(12)14/h1,3-4,6-9,18-19H,2,5,10-11H2,(H,20,21). The van der Waals surface area contributed by atoms with E-state index in [9.17, 15) is 4.79 Å². The van der Waals surface area contributed by atoms with Crippen LogP contribution in [0.4, 0.5) is 11.4 Å². The minimum atomic E-state index is -0.900. The summed E-state index contributed by atoms with van der Waals surface area (Å²) < 4.78 is 0. The molecule has 21 heavy (non-hydrogen) atoms. The molecular weight excluding hydrogens is 264 g/mol. The highest BCUT2D eigenvalue weighted by Gasteiger charge is 2.11. The van der Waals surface area contributed by atoms with Crippen molar-refractivity contribution in [2.24, 2.45) is 0 Å². The molecule has 0 unspecified atom stereocenters. The average molecular weight is 282 g/mol. The van der Waals surface area contributed by atoms with Crippen molar-refractivity contribution in [3.05, 3.63) is 59.2 Å². The predicted molar refractivity (Wildman–Crippen MR) is 84.0 cm³/mol. The third-order valence-electron chi connectivity index (χ3n) is 3.78. The van der Waals surface area contributed by atoms with Crippen LogP contribution in [0.15, 0.2) is 42.5 Å². The van der Waals surface area contributed by atoms with E-state index in [1.54, 1.807) is 24.3 Å². The first-order valence-electron chi connectivity index (χ1n) is 7.16. The summed E-state index contributed by atoms with van der Waals surface area (Å²) in [6.45, 7) is 1.75. The zero-order chi connectivity index (χ0) is 14.7. The summed E-state index contributed by atoms with van der Waals surface area (Å²) in [4.78, 5) is 10.8. The molecule has 2 aromatic rings. The molecule has 0 aromatic heterocycles. The summed E-state index contributed by atoms with van der Waals surface area (Å²) in [5, 5.41) is 15.7. The second kappa shape index (κ2) is 5.87. The lowest BCUT2D eigenvalue weighted by atomic mass is 9.99. The Bertz CT molecular complexity index is 650. The van der Waals surface area contributed by atoms with Crippen molar-refractivity contribution < 1.29 is 9.90 Å². The van der Waals surface area contributed by atoms with Gasteiger partial charge in [0.1, 0.15) is 0 Å². The summed E-state index contributed by atoms with van der Waals surface area (Å²) in [5.74, 6) is -0.900. The molecule has 0 radical (unpaired) electrons. The van der Waals surface area contributed by atoms with E-state index in [0.29, 0.717) is 5.56 Å². The van der Waals surface area contributed by atoms with Crippen LogP contribution < -0.4 is 10.6 Å². The van der Waals surface area contributed by atoms with Gasteiger partial charge in [0.2, 0.25) is 0 Å². The fraction of sp³-hybridized carbons (Fsp3) is 0.235. The van der Waals surface area contributed by atoms with Crippen molar-refractivity contribution in [1.29, 1.82) is 0 Å². The van der Waals surface area contributed by atoms with Crippen LogP contribution in [0, 0.1) is 0 Å². The minimum absolute atomic E-state index is 0.305. The maximum absolute atomic E-state index is 10.8. The van der Waals surface area contributed by atoms with Crippen LogP contribution in [-0.2, 0) is 13.0 Å². The lowest BCUT2D eigenvalue weighted by Gasteiger charge is -2.21.